The average molecular weight is 346 g/mol. The Labute approximate surface area is 133 Å². The fraction of sp³-hybridized carbons (Fsp3) is 0.200. The molecule has 0 aliphatic heterocycles. The molecular weight excluding hydrogens is 335 g/mol. The number of ether oxygens (including phenoxy) is 1. The van der Waals surface area contributed by atoms with E-state index < -0.39 is 40.5 Å². The van der Waals surface area contributed by atoms with Crippen LogP contribution in [-0.2, 0) is 7.05 Å². The van der Waals surface area contributed by atoms with Crippen molar-refractivity contribution in [2.75, 3.05) is 7.11 Å². The van der Waals surface area contributed by atoms with Crippen LogP contribution < -0.4 is 4.74 Å². The SMILES string of the molecule is COc1c(C(=O)/C=C(/c2cnn(C)c2)C(F)(F)F)ccc(F)c1F. The Bertz CT molecular complexity index is 809. The Morgan fingerprint density at radius 2 is 1.96 bits per heavy atom. The number of methoxy groups -OCH3 is 1. The van der Waals surface area contributed by atoms with Crippen molar-refractivity contribution in [1.82, 2.24) is 9.78 Å². The van der Waals surface area contributed by atoms with E-state index in [1.165, 1.54) is 7.05 Å². The largest absolute Gasteiger partial charge is 0.493 e. The maximum Gasteiger partial charge on any atom is 0.417 e. The number of aromatic nitrogens is 2. The number of carbonyl (C=O) groups is 1. The highest BCUT2D eigenvalue weighted by Gasteiger charge is 2.36. The molecule has 0 amide bonds. The summed E-state index contributed by atoms with van der Waals surface area (Å²) in [6, 6.07) is 1.49. The lowest BCUT2D eigenvalue weighted by Gasteiger charge is -2.11. The van der Waals surface area contributed by atoms with Crippen LogP contribution in [0.3, 0.4) is 0 Å². The molecule has 0 bridgehead atoms. The lowest BCUT2D eigenvalue weighted by Crippen LogP contribution is -2.13. The van der Waals surface area contributed by atoms with Gasteiger partial charge in [-0.2, -0.15) is 22.7 Å². The zero-order valence-electron chi connectivity index (χ0n) is 12.5. The van der Waals surface area contributed by atoms with Gasteiger partial charge < -0.3 is 4.74 Å². The molecule has 2 aromatic rings. The fourth-order valence-electron chi connectivity index (χ4n) is 2.02. The van der Waals surface area contributed by atoms with E-state index in [4.69, 9.17) is 0 Å². The highest BCUT2D eigenvalue weighted by atomic mass is 19.4. The van der Waals surface area contributed by atoms with E-state index in [1.54, 1.807) is 0 Å². The molecule has 0 atom stereocenters. The number of hydrogen-bond acceptors (Lipinski definition) is 3. The van der Waals surface area contributed by atoms with Gasteiger partial charge in [0.1, 0.15) is 0 Å². The van der Waals surface area contributed by atoms with E-state index in [-0.39, 0.29) is 5.56 Å². The molecule has 0 saturated carbocycles. The second kappa shape index (κ2) is 6.42. The molecule has 24 heavy (non-hydrogen) atoms. The first-order valence-corrected chi connectivity index (χ1v) is 6.49. The zero-order chi connectivity index (χ0) is 18.1. The fourth-order valence-corrected chi connectivity index (χ4v) is 2.02. The molecule has 2 rings (SSSR count). The van der Waals surface area contributed by atoms with Gasteiger partial charge in [-0.3, -0.25) is 9.48 Å². The van der Waals surface area contributed by atoms with E-state index in [2.05, 4.69) is 9.84 Å². The van der Waals surface area contributed by atoms with E-state index in [9.17, 15) is 26.7 Å². The number of rotatable bonds is 4. The summed E-state index contributed by atoms with van der Waals surface area (Å²) >= 11 is 0. The molecule has 0 saturated heterocycles. The Morgan fingerprint density at radius 3 is 2.46 bits per heavy atom. The molecule has 1 heterocycles. The van der Waals surface area contributed by atoms with E-state index >= 15 is 0 Å². The third-order valence-electron chi connectivity index (χ3n) is 3.12. The van der Waals surface area contributed by atoms with Crippen LogP contribution in [0.25, 0.3) is 5.57 Å². The van der Waals surface area contributed by atoms with Gasteiger partial charge in [0.2, 0.25) is 5.82 Å². The van der Waals surface area contributed by atoms with Gasteiger partial charge in [0.05, 0.1) is 24.4 Å². The number of carbonyl (C=O) groups excluding carboxylic acids is 1. The summed E-state index contributed by atoms with van der Waals surface area (Å²) in [6.07, 6.45) is -2.53. The molecule has 0 aliphatic carbocycles. The lowest BCUT2D eigenvalue weighted by molar-refractivity contribution is -0.0689. The van der Waals surface area contributed by atoms with Crippen molar-refractivity contribution in [3.05, 3.63) is 53.4 Å². The Balaban J connectivity index is 2.55. The van der Waals surface area contributed by atoms with Gasteiger partial charge in [-0.15, -0.1) is 0 Å². The van der Waals surface area contributed by atoms with Crippen molar-refractivity contribution in [3.63, 3.8) is 0 Å². The average Bonchev–Trinajstić information content (AvgIpc) is 2.92. The second-order valence-electron chi connectivity index (χ2n) is 4.76. The van der Waals surface area contributed by atoms with Crippen LogP contribution >= 0.6 is 0 Å². The molecule has 9 heteroatoms. The molecule has 1 aromatic carbocycles. The molecule has 4 nitrogen and oxygen atoms in total. The minimum absolute atomic E-state index is 0.298. The standard InChI is InChI=1S/C15H11F5N2O2/c1-22-7-8(6-21-22)10(15(18,19)20)5-12(23)9-3-4-11(16)13(17)14(9)24-2/h3-7H,1-2H3/b10-5-. The van der Waals surface area contributed by atoms with Crippen LogP contribution in [0.2, 0.25) is 0 Å². The number of allylic oxidation sites excluding steroid dienone is 2. The summed E-state index contributed by atoms with van der Waals surface area (Å²) in [6.45, 7) is 0. The summed E-state index contributed by atoms with van der Waals surface area (Å²) in [5, 5.41) is 3.62. The molecule has 0 radical (unpaired) electrons. The topological polar surface area (TPSA) is 44.1 Å². The molecule has 128 valence electrons. The maximum absolute atomic E-state index is 13.6. The predicted octanol–water partition coefficient (Wildman–Crippen LogP) is 3.54. The van der Waals surface area contributed by atoms with E-state index in [1.807, 2.05) is 0 Å². The van der Waals surface area contributed by atoms with Gasteiger partial charge in [0.25, 0.3) is 0 Å². The highest BCUT2D eigenvalue weighted by Crippen LogP contribution is 2.35. The highest BCUT2D eigenvalue weighted by molar-refractivity contribution is 6.10. The van der Waals surface area contributed by atoms with Crippen LogP contribution in [0.5, 0.6) is 5.75 Å². The van der Waals surface area contributed by atoms with Gasteiger partial charge in [0.15, 0.2) is 17.3 Å². The molecule has 1 aromatic heterocycles. The number of nitrogens with zero attached hydrogens (tertiary/aromatic N) is 2. The summed E-state index contributed by atoms with van der Waals surface area (Å²) in [7, 11) is 2.39. The van der Waals surface area contributed by atoms with Crippen LogP contribution in [0.1, 0.15) is 15.9 Å². The van der Waals surface area contributed by atoms with Gasteiger partial charge in [-0.25, -0.2) is 4.39 Å². The van der Waals surface area contributed by atoms with Crippen molar-refractivity contribution < 1.29 is 31.5 Å². The van der Waals surface area contributed by atoms with Gasteiger partial charge >= 0.3 is 6.18 Å². The Hall–Kier alpha value is -2.71. The molecule has 0 N–H and O–H groups in total. The molecule has 0 spiro atoms. The first kappa shape index (κ1) is 17.6. The van der Waals surface area contributed by atoms with Crippen molar-refractivity contribution in [2.24, 2.45) is 7.05 Å². The maximum atomic E-state index is 13.6. The smallest absolute Gasteiger partial charge is 0.417 e. The second-order valence-corrected chi connectivity index (χ2v) is 4.76. The lowest BCUT2D eigenvalue weighted by atomic mass is 10.0. The third kappa shape index (κ3) is 3.44. The van der Waals surface area contributed by atoms with E-state index in [0.29, 0.717) is 12.1 Å². The first-order valence-electron chi connectivity index (χ1n) is 6.49. The molecule has 0 fully saturated rings. The van der Waals surface area contributed by atoms with E-state index in [0.717, 1.165) is 30.3 Å². The van der Waals surface area contributed by atoms with Crippen molar-refractivity contribution in [2.45, 2.75) is 6.18 Å². The summed E-state index contributed by atoms with van der Waals surface area (Å²) in [5.74, 6) is -4.67. The zero-order valence-corrected chi connectivity index (χ0v) is 12.5. The van der Waals surface area contributed by atoms with Gasteiger partial charge in [-0.1, -0.05) is 0 Å². The predicted molar refractivity (Wildman–Crippen MR) is 74.5 cm³/mol. The molecule has 0 aliphatic rings. The summed E-state index contributed by atoms with van der Waals surface area (Å²) in [4.78, 5) is 12.2. The number of aryl methyl sites for hydroxylation is 1. The third-order valence-corrected chi connectivity index (χ3v) is 3.12. The Morgan fingerprint density at radius 1 is 1.29 bits per heavy atom. The minimum atomic E-state index is -4.84. The summed E-state index contributed by atoms with van der Waals surface area (Å²) in [5.41, 5.74) is -2.12. The van der Waals surface area contributed by atoms with Gasteiger partial charge in [0, 0.05) is 18.8 Å². The van der Waals surface area contributed by atoms with Crippen LogP contribution in [0, 0.1) is 11.6 Å². The number of alkyl halides is 3. The van der Waals surface area contributed by atoms with Crippen LogP contribution in [0.4, 0.5) is 22.0 Å². The number of hydrogen-bond donors (Lipinski definition) is 0. The normalized spacial score (nSPS) is 12.4. The summed E-state index contributed by atoms with van der Waals surface area (Å²) < 4.78 is 72.1. The van der Waals surface area contributed by atoms with Gasteiger partial charge in [-0.05, 0) is 18.2 Å². The van der Waals surface area contributed by atoms with Crippen molar-refractivity contribution >= 4 is 11.4 Å². The quantitative estimate of drug-likeness (QED) is 0.483. The number of halogens is 5. The van der Waals surface area contributed by atoms with Crippen molar-refractivity contribution in [3.8, 4) is 5.75 Å². The number of benzene rings is 1. The Kier molecular flexibility index (Phi) is 4.72. The van der Waals surface area contributed by atoms with Crippen LogP contribution in [0.15, 0.2) is 30.6 Å². The number of ketones is 1. The minimum Gasteiger partial charge on any atom is -0.493 e. The van der Waals surface area contributed by atoms with Crippen molar-refractivity contribution in [1.29, 1.82) is 0 Å². The molecule has 0 unspecified atom stereocenters. The monoisotopic (exact) mass is 346 g/mol. The first-order chi connectivity index (χ1) is 11.1. The van der Waals surface area contributed by atoms with Crippen LogP contribution in [-0.4, -0.2) is 28.8 Å². The molecular formula is C15H11F5N2O2.